The molecule has 0 aliphatic rings. The van der Waals surface area contributed by atoms with Crippen LogP contribution in [0, 0.1) is 0 Å². The molecule has 0 saturated carbocycles. The first-order valence-corrected chi connectivity index (χ1v) is 7.15. The van der Waals surface area contributed by atoms with Gasteiger partial charge in [-0.2, -0.15) is 0 Å². The number of allylic oxidation sites excluding steroid dienone is 3. The highest BCUT2D eigenvalue weighted by atomic mass is 16.5. The van der Waals surface area contributed by atoms with E-state index in [1.54, 1.807) is 6.08 Å². The van der Waals surface area contributed by atoms with Crippen molar-refractivity contribution in [3.63, 3.8) is 0 Å². The van der Waals surface area contributed by atoms with Crippen molar-refractivity contribution < 1.29 is 9.53 Å². The number of unbranched alkanes of at least 4 members (excludes halogenated alkanes) is 4. The van der Waals surface area contributed by atoms with Gasteiger partial charge in [0.15, 0.2) is 0 Å². The van der Waals surface area contributed by atoms with E-state index in [2.05, 4.69) is 19.6 Å². The van der Waals surface area contributed by atoms with Crippen LogP contribution in [0.2, 0.25) is 0 Å². The average molecular weight is 252 g/mol. The molecule has 0 fully saturated rings. The molecule has 2 nitrogen and oxygen atoms in total. The van der Waals surface area contributed by atoms with Crippen LogP contribution in [0.4, 0.5) is 0 Å². The van der Waals surface area contributed by atoms with E-state index in [0.29, 0.717) is 0 Å². The van der Waals surface area contributed by atoms with E-state index in [1.165, 1.54) is 26.2 Å². The van der Waals surface area contributed by atoms with Crippen LogP contribution >= 0.6 is 0 Å². The molecule has 0 aromatic rings. The summed E-state index contributed by atoms with van der Waals surface area (Å²) in [4.78, 5) is 11.0. The molecule has 2 heteroatoms. The summed E-state index contributed by atoms with van der Waals surface area (Å²) in [5, 5.41) is 0. The Morgan fingerprint density at radius 2 is 1.94 bits per heavy atom. The lowest BCUT2D eigenvalue weighted by Crippen LogP contribution is -2.16. The van der Waals surface area contributed by atoms with Crippen molar-refractivity contribution in [3.8, 4) is 0 Å². The molecule has 0 radical (unpaired) electrons. The molecule has 0 aliphatic heterocycles. The first kappa shape index (κ1) is 16.9. The third-order valence-corrected chi connectivity index (χ3v) is 2.88. The average Bonchev–Trinajstić information content (AvgIpc) is 2.33. The number of rotatable bonds is 11. The number of hydrogen-bond acceptors (Lipinski definition) is 2. The molecular formula is C16H28O2. The minimum atomic E-state index is -0.155. The van der Waals surface area contributed by atoms with Gasteiger partial charge in [0.1, 0.15) is 6.10 Å². The third-order valence-electron chi connectivity index (χ3n) is 2.88. The van der Waals surface area contributed by atoms with Crippen LogP contribution in [0.1, 0.15) is 65.2 Å². The van der Waals surface area contributed by atoms with Gasteiger partial charge in [-0.1, -0.05) is 51.0 Å². The lowest BCUT2D eigenvalue weighted by atomic mass is 10.0. The Morgan fingerprint density at radius 1 is 1.22 bits per heavy atom. The van der Waals surface area contributed by atoms with Crippen LogP contribution in [0.15, 0.2) is 24.8 Å². The van der Waals surface area contributed by atoms with Crippen LogP contribution in [-0.2, 0) is 9.53 Å². The van der Waals surface area contributed by atoms with E-state index in [4.69, 9.17) is 4.74 Å². The molecule has 0 bridgehead atoms. The van der Waals surface area contributed by atoms with Gasteiger partial charge in [-0.15, -0.1) is 0 Å². The second kappa shape index (κ2) is 12.4. The molecule has 104 valence electrons. The van der Waals surface area contributed by atoms with Crippen molar-refractivity contribution in [2.45, 2.75) is 71.3 Å². The first-order valence-electron chi connectivity index (χ1n) is 7.15. The maximum Gasteiger partial charge on any atom is 0.302 e. The number of carbonyl (C=O) groups is 1. The summed E-state index contributed by atoms with van der Waals surface area (Å²) < 4.78 is 5.35. The Morgan fingerprint density at radius 3 is 2.56 bits per heavy atom. The normalized spacial score (nSPS) is 12.6. The van der Waals surface area contributed by atoms with Crippen molar-refractivity contribution in [2.75, 3.05) is 0 Å². The van der Waals surface area contributed by atoms with Gasteiger partial charge in [-0.25, -0.2) is 0 Å². The summed E-state index contributed by atoms with van der Waals surface area (Å²) in [6.07, 6.45) is 14.9. The quantitative estimate of drug-likeness (QED) is 0.300. The summed E-state index contributed by atoms with van der Waals surface area (Å²) in [6.45, 7) is 7.34. The Hall–Kier alpha value is -1.05. The smallest absolute Gasteiger partial charge is 0.302 e. The monoisotopic (exact) mass is 252 g/mol. The fraction of sp³-hybridized carbons (Fsp3) is 0.688. The zero-order valence-electron chi connectivity index (χ0n) is 12.0. The van der Waals surface area contributed by atoms with Crippen molar-refractivity contribution in [1.29, 1.82) is 0 Å². The molecule has 18 heavy (non-hydrogen) atoms. The highest BCUT2D eigenvalue weighted by molar-refractivity contribution is 5.66. The van der Waals surface area contributed by atoms with Crippen LogP contribution in [0.3, 0.4) is 0 Å². The maximum atomic E-state index is 11.0. The van der Waals surface area contributed by atoms with Gasteiger partial charge in [0.2, 0.25) is 0 Å². The van der Waals surface area contributed by atoms with Gasteiger partial charge in [0.05, 0.1) is 0 Å². The molecule has 0 spiro atoms. The van der Waals surface area contributed by atoms with E-state index in [-0.39, 0.29) is 12.1 Å². The number of esters is 1. The second-order valence-corrected chi connectivity index (χ2v) is 4.68. The largest absolute Gasteiger partial charge is 0.463 e. The molecule has 0 N–H and O–H groups in total. The van der Waals surface area contributed by atoms with Crippen molar-refractivity contribution in [1.82, 2.24) is 0 Å². The molecule has 0 heterocycles. The molecule has 0 aromatic heterocycles. The van der Waals surface area contributed by atoms with E-state index in [0.717, 1.165) is 32.1 Å². The standard InChI is InChI=1S/C16H28O2/c1-4-6-8-10-12-14-16(18-15(3)17)13-11-9-7-5-2/h4,6,8,16H,1,5,7,9-14H2,2-3H3/b8-6-. The molecule has 0 saturated heterocycles. The Balaban J connectivity index is 3.79. The van der Waals surface area contributed by atoms with E-state index in [9.17, 15) is 4.79 Å². The topological polar surface area (TPSA) is 26.3 Å². The van der Waals surface area contributed by atoms with Crippen LogP contribution in [-0.4, -0.2) is 12.1 Å². The first-order chi connectivity index (χ1) is 8.70. The summed E-state index contributed by atoms with van der Waals surface area (Å²) >= 11 is 0. The van der Waals surface area contributed by atoms with Crippen LogP contribution in [0.25, 0.3) is 0 Å². The lowest BCUT2D eigenvalue weighted by Gasteiger charge is -2.16. The summed E-state index contributed by atoms with van der Waals surface area (Å²) in [5.74, 6) is -0.155. The minimum absolute atomic E-state index is 0.108. The van der Waals surface area contributed by atoms with Crippen molar-refractivity contribution >= 4 is 5.97 Å². The zero-order chi connectivity index (χ0) is 13.6. The van der Waals surface area contributed by atoms with Crippen LogP contribution < -0.4 is 0 Å². The van der Waals surface area contributed by atoms with Gasteiger partial charge >= 0.3 is 5.97 Å². The third kappa shape index (κ3) is 11.4. The molecule has 0 aromatic carbocycles. The lowest BCUT2D eigenvalue weighted by molar-refractivity contribution is -0.147. The van der Waals surface area contributed by atoms with Gasteiger partial charge in [0.25, 0.3) is 0 Å². The van der Waals surface area contributed by atoms with Crippen molar-refractivity contribution in [3.05, 3.63) is 24.8 Å². The molecule has 1 atom stereocenters. The molecular weight excluding hydrogens is 224 g/mol. The van der Waals surface area contributed by atoms with Gasteiger partial charge in [-0.05, 0) is 32.1 Å². The summed E-state index contributed by atoms with van der Waals surface area (Å²) in [5.41, 5.74) is 0. The Bertz CT molecular complexity index is 243. The van der Waals surface area contributed by atoms with Gasteiger partial charge in [-0.3, -0.25) is 4.79 Å². The number of carbonyl (C=O) groups excluding carboxylic acids is 1. The van der Waals surface area contributed by atoms with E-state index < -0.39 is 0 Å². The second-order valence-electron chi connectivity index (χ2n) is 4.68. The zero-order valence-corrected chi connectivity index (χ0v) is 12.0. The summed E-state index contributed by atoms with van der Waals surface area (Å²) in [6, 6.07) is 0. The molecule has 0 amide bonds. The summed E-state index contributed by atoms with van der Waals surface area (Å²) in [7, 11) is 0. The predicted molar refractivity (Wildman–Crippen MR) is 77.5 cm³/mol. The van der Waals surface area contributed by atoms with E-state index >= 15 is 0 Å². The minimum Gasteiger partial charge on any atom is -0.463 e. The molecule has 1 unspecified atom stereocenters. The maximum absolute atomic E-state index is 11.0. The van der Waals surface area contributed by atoms with Crippen LogP contribution in [0.5, 0.6) is 0 Å². The van der Waals surface area contributed by atoms with Gasteiger partial charge in [0, 0.05) is 6.92 Å². The van der Waals surface area contributed by atoms with Crippen molar-refractivity contribution in [2.24, 2.45) is 0 Å². The number of ether oxygens (including phenoxy) is 1. The fourth-order valence-corrected chi connectivity index (χ4v) is 1.95. The highest BCUT2D eigenvalue weighted by Gasteiger charge is 2.10. The Labute approximate surface area is 112 Å². The fourth-order valence-electron chi connectivity index (χ4n) is 1.95. The highest BCUT2D eigenvalue weighted by Crippen LogP contribution is 2.14. The SMILES string of the molecule is C=C/C=C\CCCC(CCCCCC)OC(C)=O. The number of hydrogen-bond donors (Lipinski definition) is 0. The predicted octanol–water partition coefficient (Wildman–Crippen LogP) is 4.80. The van der Waals surface area contributed by atoms with Gasteiger partial charge < -0.3 is 4.74 Å². The molecule has 0 aliphatic carbocycles. The Kier molecular flexibility index (Phi) is 11.7. The van der Waals surface area contributed by atoms with E-state index in [1.807, 2.05) is 6.08 Å². The molecule has 0 rings (SSSR count).